The number of nitrogen functional groups attached to an aromatic ring is 1. The van der Waals surface area contributed by atoms with E-state index in [1.54, 1.807) is 42.5 Å². The highest BCUT2D eigenvalue weighted by atomic mass is 16.5. The molecule has 8 nitrogen and oxygen atoms in total. The lowest BCUT2D eigenvalue weighted by atomic mass is 10.1. The van der Waals surface area contributed by atoms with Gasteiger partial charge in [-0.15, -0.1) is 0 Å². The maximum Gasteiger partial charge on any atom is 0.255 e. The SMILES string of the molecule is CCN(Cc1cccc2cc(N(C=O)CCOc3ccc(C(=O)Nc4ccccc4N)cc3)oc12)c1ccccc1. The van der Waals surface area contributed by atoms with E-state index in [-0.39, 0.29) is 12.5 Å². The predicted octanol–water partition coefficient (Wildman–Crippen LogP) is 6.34. The maximum absolute atomic E-state index is 12.6. The van der Waals surface area contributed by atoms with Crippen molar-refractivity contribution in [1.82, 2.24) is 0 Å². The van der Waals surface area contributed by atoms with Crippen molar-refractivity contribution in [3.05, 3.63) is 114 Å². The molecule has 5 rings (SSSR count). The minimum Gasteiger partial charge on any atom is -0.492 e. The molecule has 0 radical (unpaired) electrons. The summed E-state index contributed by atoms with van der Waals surface area (Å²) in [5, 5.41) is 3.73. The van der Waals surface area contributed by atoms with Crippen LogP contribution in [0.3, 0.4) is 0 Å². The van der Waals surface area contributed by atoms with E-state index in [1.807, 2.05) is 48.5 Å². The number of carbonyl (C=O) groups is 2. The van der Waals surface area contributed by atoms with Gasteiger partial charge in [0.15, 0.2) is 0 Å². The van der Waals surface area contributed by atoms with Crippen LogP contribution < -0.4 is 25.6 Å². The molecule has 4 aromatic carbocycles. The molecule has 5 aromatic rings. The van der Waals surface area contributed by atoms with Crippen molar-refractivity contribution < 1.29 is 18.7 Å². The first-order valence-corrected chi connectivity index (χ1v) is 13.5. The fourth-order valence-electron chi connectivity index (χ4n) is 4.59. The van der Waals surface area contributed by atoms with Gasteiger partial charge < -0.3 is 25.1 Å². The molecule has 0 aliphatic carbocycles. The first-order chi connectivity index (χ1) is 20.1. The lowest BCUT2D eigenvalue weighted by Gasteiger charge is -2.23. The number of nitrogens with zero attached hydrogens (tertiary/aromatic N) is 2. The predicted molar refractivity (Wildman–Crippen MR) is 164 cm³/mol. The van der Waals surface area contributed by atoms with Crippen LogP contribution in [0, 0.1) is 0 Å². The van der Waals surface area contributed by atoms with Crippen molar-refractivity contribution in [1.29, 1.82) is 0 Å². The second kappa shape index (κ2) is 12.7. The number of anilines is 4. The van der Waals surface area contributed by atoms with Gasteiger partial charge in [-0.2, -0.15) is 0 Å². The van der Waals surface area contributed by atoms with E-state index >= 15 is 0 Å². The molecule has 0 unspecified atom stereocenters. The molecule has 0 saturated heterocycles. The van der Waals surface area contributed by atoms with E-state index in [1.165, 1.54) is 4.90 Å². The average Bonchev–Trinajstić information content (AvgIpc) is 3.45. The Labute approximate surface area is 238 Å². The van der Waals surface area contributed by atoms with Crippen molar-refractivity contribution in [2.24, 2.45) is 0 Å². The summed E-state index contributed by atoms with van der Waals surface area (Å²) in [5.41, 5.74) is 10.4. The molecule has 0 atom stereocenters. The van der Waals surface area contributed by atoms with Gasteiger partial charge in [-0.3, -0.25) is 14.5 Å². The summed E-state index contributed by atoms with van der Waals surface area (Å²) in [6.45, 7) is 4.19. The van der Waals surface area contributed by atoms with Crippen LogP contribution in [0.15, 0.2) is 108 Å². The molecule has 0 aliphatic rings. The molecule has 0 saturated carbocycles. The Hall–Kier alpha value is -5.24. The van der Waals surface area contributed by atoms with Crippen molar-refractivity contribution in [3.63, 3.8) is 0 Å². The lowest BCUT2D eigenvalue weighted by molar-refractivity contribution is -0.107. The minimum absolute atomic E-state index is 0.242. The third kappa shape index (κ3) is 6.50. The van der Waals surface area contributed by atoms with Gasteiger partial charge in [0.25, 0.3) is 5.91 Å². The van der Waals surface area contributed by atoms with Gasteiger partial charge in [-0.05, 0) is 55.5 Å². The number of benzene rings is 4. The Kier molecular flexibility index (Phi) is 8.49. The van der Waals surface area contributed by atoms with Crippen LogP contribution in [0.4, 0.5) is 22.9 Å². The fraction of sp³-hybridized carbons (Fsp3) is 0.152. The maximum atomic E-state index is 12.6. The van der Waals surface area contributed by atoms with Crippen LogP contribution in [0.5, 0.6) is 5.75 Å². The Morgan fingerprint density at radius 3 is 2.44 bits per heavy atom. The van der Waals surface area contributed by atoms with Crippen LogP contribution >= 0.6 is 0 Å². The standard InChI is InChI=1S/C33H32N4O4/c1-2-36(27-11-4-3-5-12-27)22-26-10-8-9-25-21-31(41-32(25)26)37(23-38)19-20-40-28-17-15-24(16-18-28)33(39)35-30-14-7-6-13-29(30)34/h3-18,21,23H,2,19-20,22,34H2,1H3,(H,35,39). The highest BCUT2D eigenvalue weighted by molar-refractivity contribution is 6.05. The quantitative estimate of drug-likeness (QED) is 0.139. The van der Waals surface area contributed by atoms with E-state index in [4.69, 9.17) is 14.9 Å². The largest absolute Gasteiger partial charge is 0.492 e. The van der Waals surface area contributed by atoms with E-state index in [9.17, 15) is 9.59 Å². The molecule has 0 fully saturated rings. The first-order valence-electron chi connectivity index (χ1n) is 13.5. The Morgan fingerprint density at radius 1 is 0.951 bits per heavy atom. The zero-order chi connectivity index (χ0) is 28.6. The summed E-state index contributed by atoms with van der Waals surface area (Å²) < 4.78 is 12.0. The zero-order valence-electron chi connectivity index (χ0n) is 22.8. The Morgan fingerprint density at radius 2 is 1.71 bits per heavy atom. The Balaban J connectivity index is 1.20. The molecule has 0 aliphatic heterocycles. The molecule has 3 N–H and O–H groups in total. The fourth-order valence-corrected chi connectivity index (χ4v) is 4.59. The Bertz CT molecular complexity index is 1620. The zero-order valence-corrected chi connectivity index (χ0v) is 22.8. The number of nitrogens with two attached hydrogens (primary N) is 1. The molecule has 0 spiro atoms. The van der Waals surface area contributed by atoms with Crippen LogP contribution in [-0.2, 0) is 11.3 Å². The summed E-state index contributed by atoms with van der Waals surface area (Å²) in [6.07, 6.45) is 0.742. The van der Waals surface area contributed by atoms with Gasteiger partial charge in [-0.1, -0.05) is 48.5 Å². The summed E-state index contributed by atoms with van der Waals surface area (Å²) in [7, 11) is 0. The number of rotatable bonds is 12. The van der Waals surface area contributed by atoms with E-state index in [2.05, 4.69) is 29.3 Å². The monoisotopic (exact) mass is 548 g/mol. The van der Waals surface area contributed by atoms with Crippen LogP contribution in [0.25, 0.3) is 11.0 Å². The molecule has 1 aromatic heterocycles. The molecular formula is C33H32N4O4. The third-order valence-electron chi connectivity index (χ3n) is 6.81. The molecule has 8 heteroatoms. The first kappa shape index (κ1) is 27.3. The molecule has 1 heterocycles. The third-order valence-corrected chi connectivity index (χ3v) is 6.81. The summed E-state index contributed by atoms with van der Waals surface area (Å²) in [4.78, 5) is 28.3. The van der Waals surface area contributed by atoms with Gasteiger partial charge in [-0.25, -0.2) is 0 Å². The number of ether oxygens (including phenoxy) is 1. The van der Waals surface area contributed by atoms with Crippen molar-refractivity contribution in [3.8, 4) is 5.75 Å². The van der Waals surface area contributed by atoms with Gasteiger partial charge >= 0.3 is 0 Å². The molecular weight excluding hydrogens is 516 g/mol. The van der Waals surface area contributed by atoms with Crippen LogP contribution in [-0.4, -0.2) is 32.0 Å². The molecule has 41 heavy (non-hydrogen) atoms. The smallest absolute Gasteiger partial charge is 0.255 e. The molecule has 2 amide bonds. The minimum atomic E-state index is -0.267. The second-order valence-electron chi connectivity index (χ2n) is 9.48. The van der Waals surface area contributed by atoms with Gasteiger partial charge in [0, 0.05) is 41.4 Å². The van der Waals surface area contributed by atoms with Crippen LogP contribution in [0.1, 0.15) is 22.8 Å². The number of fused-ring (bicyclic) bond motifs is 1. The number of hydrogen-bond donors (Lipinski definition) is 2. The average molecular weight is 549 g/mol. The highest BCUT2D eigenvalue weighted by Crippen LogP contribution is 2.30. The number of nitrogens with one attached hydrogen (secondary N) is 1. The van der Waals surface area contributed by atoms with Gasteiger partial charge in [0.1, 0.15) is 17.9 Å². The van der Waals surface area contributed by atoms with E-state index in [0.717, 1.165) is 35.2 Å². The summed E-state index contributed by atoms with van der Waals surface area (Å²) in [6, 6.07) is 32.0. The van der Waals surface area contributed by atoms with Crippen molar-refractivity contribution in [2.45, 2.75) is 13.5 Å². The van der Waals surface area contributed by atoms with Crippen molar-refractivity contribution >= 4 is 46.2 Å². The normalized spacial score (nSPS) is 10.8. The number of para-hydroxylation sites is 4. The number of carbonyl (C=O) groups excluding carboxylic acids is 2. The highest BCUT2D eigenvalue weighted by Gasteiger charge is 2.16. The topological polar surface area (TPSA) is 101 Å². The van der Waals surface area contributed by atoms with Crippen LogP contribution in [0.2, 0.25) is 0 Å². The number of amides is 2. The van der Waals surface area contributed by atoms with Gasteiger partial charge in [0.2, 0.25) is 12.3 Å². The van der Waals surface area contributed by atoms with Crippen molar-refractivity contribution in [2.75, 3.05) is 40.5 Å². The number of furan rings is 1. The lowest BCUT2D eigenvalue weighted by Crippen LogP contribution is -2.26. The van der Waals surface area contributed by atoms with E-state index in [0.29, 0.717) is 41.7 Å². The summed E-state index contributed by atoms with van der Waals surface area (Å²) >= 11 is 0. The summed E-state index contributed by atoms with van der Waals surface area (Å²) in [5.74, 6) is 0.775. The molecule has 208 valence electrons. The van der Waals surface area contributed by atoms with Gasteiger partial charge in [0.05, 0.1) is 17.9 Å². The van der Waals surface area contributed by atoms with E-state index < -0.39 is 0 Å². The number of hydrogen-bond acceptors (Lipinski definition) is 6. The molecule has 0 bridgehead atoms. The second-order valence-corrected chi connectivity index (χ2v) is 9.48.